The zero-order chi connectivity index (χ0) is 15.4. The van der Waals surface area contributed by atoms with Crippen LogP contribution in [0, 0.1) is 18.6 Å². The van der Waals surface area contributed by atoms with Crippen molar-refractivity contribution in [3.63, 3.8) is 0 Å². The first kappa shape index (κ1) is 15.6. The summed E-state index contributed by atoms with van der Waals surface area (Å²) in [6, 6.07) is 3.71. The van der Waals surface area contributed by atoms with Crippen LogP contribution < -0.4 is 5.32 Å². The number of aromatic nitrogens is 2. The summed E-state index contributed by atoms with van der Waals surface area (Å²) < 4.78 is 28.6. The van der Waals surface area contributed by atoms with Gasteiger partial charge in [0.25, 0.3) is 0 Å². The van der Waals surface area contributed by atoms with Crippen LogP contribution in [0.4, 0.5) is 8.78 Å². The third-order valence-electron chi connectivity index (χ3n) is 3.51. The molecule has 2 rings (SSSR count). The van der Waals surface area contributed by atoms with Gasteiger partial charge in [-0.15, -0.1) is 0 Å². The van der Waals surface area contributed by atoms with E-state index in [0.717, 1.165) is 30.3 Å². The quantitative estimate of drug-likeness (QED) is 0.885. The Kier molecular flexibility index (Phi) is 5.07. The van der Waals surface area contributed by atoms with E-state index in [0.29, 0.717) is 12.0 Å². The van der Waals surface area contributed by atoms with Crippen molar-refractivity contribution in [3.05, 3.63) is 52.9 Å². The van der Waals surface area contributed by atoms with Crippen LogP contribution in [-0.4, -0.2) is 16.3 Å². The molecular weight excluding hydrogens is 272 g/mol. The van der Waals surface area contributed by atoms with Gasteiger partial charge in [-0.1, -0.05) is 13.0 Å². The standard InChI is InChI=1S/C16H21F2N3/c1-4-7-19-16(14-10-21(3)20-11(14)2)8-12-5-6-13(17)9-15(12)18/h5-6,9-10,16,19H,4,7-8H2,1-3H3. The predicted molar refractivity (Wildman–Crippen MR) is 79.0 cm³/mol. The minimum absolute atomic E-state index is 0.0291. The topological polar surface area (TPSA) is 29.9 Å². The molecule has 0 spiro atoms. The smallest absolute Gasteiger partial charge is 0.129 e. The molecule has 0 aliphatic rings. The maximum Gasteiger partial charge on any atom is 0.129 e. The largest absolute Gasteiger partial charge is 0.310 e. The zero-order valence-corrected chi connectivity index (χ0v) is 12.7. The van der Waals surface area contributed by atoms with E-state index >= 15 is 0 Å². The van der Waals surface area contributed by atoms with Gasteiger partial charge in [-0.05, 0) is 37.9 Å². The Morgan fingerprint density at radius 2 is 2.10 bits per heavy atom. The molecule has 3 nitrogen and oxygen atoms in total. The molecule has 21 heavy (non-hydrogen) atoms. The molecule has 1 atom stereocenters. The summed E-state index contributed by atoms with van der Waals surface area (Å²) in [4.78, 5) is 0. The lowest BCUT2D eigenvalue weighted by molar-refractivity contribution is 0.506. The summed E-state index contributed by atoms with van der Waals surface area (Å²) in [5.74, 6) is -1.05. The number of nitrogens with zero attached hydrogens (tertiary/aromatic N) is 2. The molecule has 1 heterocycles. The van der Waals surface area contributed by atoms with E-state index in [1.165, 1.54) is 12.1 Å². The van der Waals surface area contributed by atoms with Gasteiger partial charge in [-0.3, -0.25) is 4.68 Å². The van der Waals surface area contributed by atoms with Crippen LogP contribution in [0.15, 0.2) is 24.4 Å². The van der Waals surface area contributed by atoms with E-state index in [1.807, 2.05) is 20.2 Å². The summed E-state index contributed by atoms with van der Waals surface area (Å²) >= 11 is 0. The molecule has 0 fully saturated rings. The zero-order valence-electron chi connectivity index (χ0n) is 12.7. The van der Waals surface area contributed by atoms with Crippen LogP contribution in [0.3, 0.4) is 0 Å². The van der Waals surface area contributed by atoms with Crippen LogP contribution in [0.25, 0.3) is 0 Å². The molecule has 1 unspecified atom stereocenters. The summed E-state index contributed by atoms with van der Waals surface area (Å²) in [5.41, 5.74) is 2.48. The minimum Gasteiger partial charge on any atom is -0.310 e. The summed E-state index contributed by atoms with van der Waals surface area (Å²) in [6.45, 7) is 4.86. The van der Waals surface area contributed by atoms with Crippen molar-refractivity contribution in [2.24, 2.45) is 7.05 Å². The number of nitrogens with one attached hydrogen (secondary N) is 1. The molecule has 0 bridgehead atoms. The van der Waals surface area contributed by atoms with Gasteiger partial charge in [0.15, 0.2) is 0 Å². The van der Waals surface area contributed by atoms with Crippen LogP contribution >= 0.6 is 0 Å². The molecule has 0 aliphatic heterocycles. The fourth-order valence-corrected chi connectivity index (χ4v) is 2.48. The van der Waals surface area contributed by atoms with Crippen molar-refractivity contribution in [1.82, 2.24) is 15.1 Å². The Balaban J connectivity index is 2.26. The van der Waals surface area contributed by atoms with Crippen LogP contribution in [0.5, 0.6) is 0 Å². The lowest BCUT2D eigenvalue weighted by atomic mass is 9.99. The first-order valence-electron chi connectivity index (χ1n) is 7.18. The Hall–Kier alpha value is -1.75. The second-order valence-corrected chi connectivity index (χ2v) is 5.29. The fourth-order valence-electron chi connectivity index (χ4n) is 2.48. The predicted octanol–water partition coefficient (Wildman–Crippen LogP) is 3.29. The highest BCUT2D eigenvalue weighted by Crippen LogP contribution is 2.23. The maximum atomic E-state index is 13.9. The highest BCUT2D eigenvalue weighted by molar-refractivity contribution is 5.26. The average molecular weight is 293 g/mol. The number of benzene rings is 1. The molecule has 0 amide bonds. The summed E-state index contributed by atoms with van der Waals surface area (Å²) in [7, 11) is 1.87. The van der Waals surface area contributed by atoms with Crippen molar-refractivity contribution >= 4 is 0 Å². The van der Waals surface area contributed by atoms with E-state index in [1.54, 1.807) is 4.68 Å². The number of hydrogen-bond donors (Lipinski definition) is 1. The van der Waals surface area contributed by atoms with Crippen molar-refractivity contribution < 1.29 is 8.78 Å². The molecule has 1 aromatic carbocycles. The third-order valence-corrected chi connectivity index (χ3v) is 3.51. The molecular formula is C16H21F2N3. The van der Waals surface area contributed by atoms with Gasteiger partial charge in [0.1, 0.15) is 11.6 Å². The first-order valence-corrected chi connectivity index (χ1v) is 7.18. The summed E-state index contributed by atoms with van der Waals surface area (Å²) in [6.07, 6.45) is 3.41. The van der Waals surface area contributed by atoms with Crippen molar-refractivity contribution in [2.45, 2.75) is 32.7 Å². The van der Waals surface area contributed by atoms with Crippen LogP contribution in [0.1, 0.15) is 36.2 Å². The maximum absolute atomic E-state index is 13.9. The van der Waals surface area contributed by atoms with Gasteiger partial charge in [0.05, 0.1) is 5.69 Å². The van der Waals surface area contributed by atoms with Gasteiger partial charge in [-0.2, -0.15) is 5.10 Å². The Bertz CT molecular complexity index is 608. The van der Waals surface area contributed by atoms with E-state index in [4.69, 9.17) is 0 Å². The molecule has 0 radical (unpaired) electrons. The Labute approximate surface area is 124 Å². The monoisotopic (exact) mass is 293 g/mol. The number of rotatable bonds is 6. The number of halogens is 2. The summed E-state index contributed by atoms with van der Waals surface area (Å²) in [5, 5.41) is 7.76. The molecule has 1 aromatic heterocycles. The normalized spacial score (nSPS) is 12.6. The highest BCUT2D eigenvalue weighted by atomic mass is 19.1. The molecule has 0 aliphatic carbocycles. The molecule has 5 heteroatoms. The van der Waals surface area contributed by atoms with Crippen molar-refractivity contribution in [2.75, 3.05) is 6.54 Å². The highest BCUT2D eigenvalue weighted by Gasteiger charge is 2.18. The van der Waals surface area contributed by atoms with E-state index in [-0.39, 0.29) is 6.04 Å². The van der Waals surface area contributed by atoms with Crippen molar-refractivity contribution in [3.8, 4) is 0 Å². The van der Waals surface area contributed by atoms with Gasteiger partial charge < -0.3 is 5.32 Å². The van der Waals surface area contributed by atoms with E-state index < -0.39 is 11.6 Å². The SMILES string of the molecule is CCCNC(Cc1ccc(F)cc1F)c1cn(C)nc1C. The molecule has 0 saturated heterocycles. The first-order chi connectivity index (χ1) is 10.0. The molecule has 0 saturated carbocycles. The van der Waals surface area contributed by atoms with Crippen LogP contribution in [-0.2, 0) is 13.5 Å². The molecule has 2 aromatic rings. The third kappa shape index (κ3) is 3.88. The number of aryl methyl sites for hydroxylation is 2. The Morgan fingerprint density at radius 1 is 1.33 bits per heavy atom. The average Bonchev–Trinajstić information content (AvgIpc) is 2.76. The van der Waals surface area contributed by atoms with Crippen molar-refractivity contribution in [1.29, 1.82) is 0 Å². The van der Waals surface area contributed by atoms with Gasteiger partial charge in [-0.25, -0.2) is 8.78 Å². The Morgan fingerprint density at radius 3 is 2.67 bits per heavy atom. The molecule has 1 N–H and O–H groups in total. The second-order valence-electron chi connectivity index (χ2n) is 5.29. The van der Waals surface area contributed by atoms with E-state index in [9.17, 15) is 8.78 Å². The lowest BCUT2D eigenvalue weighted by Gasteiger charge is -2.18. The van der Waals surface area contributed by atoms with Crippen LogP contribution in [0.2, 0.25) is 0 Å². The number of hydrogen-bond acceptors (Lipinski definition) is 2. The van der Waals surface area contributed by atoms with Gasteiger partial charge >= 0.3 is 0 Å². The van der Waals surface area contributed by atoms with E-state index in [2.05, 4.69) is 17.3 Å². The van der Waals surface area contributed by atoms with Gasteiger partial charge in [0.2, 0.25) is 0 Å². The lowest BCUT2D eigenvalue weighted by Crippen LogP contribution is -2.24. The second kappa shape index (κ2) is 6.80. The van der Waals surface area contributed by atoms with Gasteiger partial charge in [0, 0.05) is 30.9 Å². The molecule has 114 valence electrons. The minimum atomic E-state index is -0.549. The fraction of sp³-hybridized carbons (Fsp3) is 0.438.